The number of halogens is 1. The second-order valence-electron chi connectivity index (χ2n) is 7.93. The number of carbonyl (C=O) groups is 3. The molecule has 8 nitrogen and oxygen atoms in total. The summed E-state index contributed by atoms with van der Waals surface area (Å²) in [7, 11) is 0. The van der Waals surface area contributed by atoms with Gasteiger partial charge in [0.25, 0.3) is 5.91 Å². The number of fused-ring (bicyclic) bond motifs is 3. The number of nitrogens with zero attached hydrogens (tertiary/aromatic N) is 3. The van der Waals surface area contributed by atoms with Gasteiger partial charge >= 0.3 is 0 Å². The van der Waals surface area contributed by atoms with Crippen LogP contribution < -0.4 is 10.6 Å². The van der Waals surface area contributed by atoms with Crippen molar-refractivity contribution in [2.75, 3.05) is 11.1 Å². The lowest BCUT2D eigenvalue weighted by Crippen LogP contribution is -2.42. The minimum absolute atomic E-state index is 0.0761. The van der Waals surface area contributed by atoms with Gasteiger partial charge in [-0.15, -0.1) is 11.3 Å². The lowest BCUT2D eigenvalue weighted by Gasteiger charge is -2.25. The molecule has 0 unspecified atom stereocenters. The number of carbonyl (C=O) groups excluding carboxylic acids is 3. The number of benzene rings is 2. The highest BCUT2D eigenvalue weighted by molar-refractivity contribution is 8.14. The molecule has 0 radical (unpaired) electrons. The third-order valence-corrected chi connectivity index (χ3v) is 7.26. The van der Waals surface area contributed by atoms with E-state index >= 15 is 0 Å². The fraction of sp³-hybridized carbons (Fsp3) is 0.160. The molecule has 0 saturated carbocycles. The van der Waals surface area contributed by atoms with Crippen LogP contribution in [-0.2, 0) is 20.9 Å². The van der Waals surface area contributed by atoms with Gasteiger partial charge in [0.05, 0.1) is 30.1 Å². The van der Waals surface area contributed by atoms with Crippen LogP contribution in [0.2, 0.25) is 0 Å². The van der Waals surface area contributed by atoms with E-state index in [1.807, 2.05) is 35.7 Å². The summed E-state index contributed by atoms with van der Waals surface area (Å²) in [5, 5.41) is 7.56. The Morgan fingerprint density at radius 1 is 1.06 bits per heavy atom. The second-order valence-corrected chi connectivity index (χ2v) is 9.91. The highest BCUT2D eigenvalue weighted by Crippen LogP contribution is 2.34. The van der Waals surface area contributed by atoms with Crippen molar-refractivity contribution in [3.05, 3.63) is 82.3 Å². The van der Waals surface area contributed by atoms with Crippen molar-refractivity contribution in [3.63, 3.8) is 0 Å². The molecule has 3 heterocycles. The summed E-state index contributed by atoms with van der Waals surface area (Å²) in [5.74, 6) is -1.34. The van der Waals surface area contributed by atoms with Gasteiger partial charge in [-0.1, -0.05) is 42.1 Å². The van der Waals surface area contributed by atoms with Crippen molar-refractivity contribution in [1.29, 1.82) is 0 Å². The third-order valence-electron chi connectivity index (χ3n) is 5.45. The molecule has 2 aliphatic heterocycles. The number of hydrogen-bond acceptors (Lipinski definition) is 7. The van der Waals surface area contributed by atoms with Gasteiger partial charge in [0.1, 0.15) is 17.7 Å². The van der Waals surface area contributed by atoms with Gasteiger partial charge in [0, 0.05) is 10.4 Å². The van der Waals surface area contributed by atoms with Crippen LogP contribution in [-0.4, -0.2) is 45.4 Å². The monoisotopic (exact) mass is 521 g/mol. The summed E-state index contributed by atoms with van der Waals surface area (Å²) < 4.78 is 13.9. The van der Waals surface area contributed by atoms with Gasteiger partial charge in [-0.25, -0.2) is 14.3 Å². The zero-order chi connectivity index (χ0) is 25.1. The lowest BCUT2D eigenvalue weighted by atomic mass is 10.1. The summed E-state index contributed by atoms with van der Waals surface area (Å²) in [4.78, 5) is 49.8. The summed E-state index contributed by atoms with van der Waals surface area (Å²) in [6.07, 6.45) is -0.0991. The molecular formula is C25H20FN5O3S2. The van der Waals surface area contributed by atoms with Crippen molar-refractivity contribution in [2.45, 2.75) is 19.0 Å². The topological polar surface area (TPSA) is 103 Å². The Kier molecular flexibility index (Phi) is 6.92. The van der Waals surface area contributed by atoms with Crippen LogP contribution in [0.1, 0.15) is 16.9 Å². The van der Waals surface area contributed by atoms with E-state index in [1.54, 1.807) is 12.1 Å². The lowest BCUT2D eigenvalue weighted by molar-refractivity contribution is -0.128. The summed E-state index contributed by atoms with van der Waals surface area (Å²) >= 11 is 2.58. The van der Waals surface area contributed by atoms with Crippen molar-refractivity contribution in [3.8, 4) is 0 Å². The van der Waals surface area contributed by atoms with Crippen LogP contribution in [0.3, 0.4) is 0 Å². The molecule has 2 aliphatic rings. The number of amides is 3. The minimum atomic E-state index is -0.896. The van der Waals surface area contributed by atoms with Gasteiger partial charge in [-0.3, -0.25) is 19.4 Å². The Morgan fingerprint density at radius 2 is 1.86 bits per heavy atom. The Bertz CT molecular complexity index is 1390. The second kappa shape index (κ2) is 10.4. The van der Waals surface area contributed by atoms with Crippen molar-refractivity contribution < 1.29 is 18.8 Å². The third kappa shape index (κ3) is 5.07. The molecule has 182 valence electrons. The van der Waals surface area contributed by atoms with E-state index in [2.05, 4.69) is 20.6 Å². The minimum Gasteiger partial charge on any atom is -0.351 e. The molecule has 0 spiro atoms. The smallest absolute Gasteiger partial charge is 0.259 e. The normalized spacial score (nSPS) is 16.1. The summed E-state index contributed by atoms with van der Waals surface area (Å²) in [6, 6.07) is 16.1. The maximum Gasteiger partial charge on any atom is 0.259 e. The largest absolute Gasteiger partial charge is 0.351 e. The zero-order valence-corrected chi connectivity index (χ0v) is 20.4. The molecule has 3 amide bonds. The Morgan fingerprint density at radius 3 is 2.67 bits per heavy atom. The number of amidine groups is 2. The summed E-state index contributed by atoms with van der Waals surface area (Å²) in [6.45, 7) is 0.389. The Labute approximate surface area is 214 Å². The number of thiophene rings is 1. The molecule has 0 fully saturated rings. The van der Waals surface area contributed by atoms with Gasteiger partial charge in [-0.2, -0.15) is 0 Å². The Hall–Kier alpha value is -3.83. The molecular weight excluding hydrogens is 501 g/mol. The highest BCUT2D eigenvalue weighted by atomic mass is 32.2. The van der Waals surface area contributed by atoms with E-state index in [1.165, 1.54) is 34.4 Å². The molecule has 0 bridgehead atoms. The van der Waals surface area contributed by atoms with E-state index in [0.717, 1.165) is 16.6 Å². The highest BCUT2D eigenvalue weighted by Gasteiger charge is 2.42. The van der Waals surface area contributed by atoms with Crippen molar-refractivity contribution in [1.82, 2.24) is 10.2 Å². The molecule has 1 atom stereocenters. The molecule has 3 aromatic rings. The van der Waals surface area contributed by atoms with Gasteiger partial charge in [0.15, 0.2) is 5.17 Å². The first-order chi connectivity index (χ1) is 17.5. The fourth-order valence-corrected chi connectivity index (χ4v) is 5.20. The van der Waals surface area contributed by atoms with E-state index < -0.39 is 17.8 Å². The van der Waals surface area contributed by atoms with Crippen LogP contribution in [0.5, 0.6) is 0 Å². The number of nitrogens with one attached hydrogen (secondary N) is 2. The van der Waals surface area contributed by atoms with E-state index in [4.69, 9.17) is 0 Å². The molecule has 2 aromatic carbocycles. The van der Waals surface area contributed by atoms with Gasteiger partial charge in [0.2, 0.25) is 11.8 Å². The predicted molar refractivity (Wildman–Crippen MR) is 139 cm³/mol. The van der Waals surface area contributed by atoms with Crippen LogP contribution >= 0.6 is 23.1 Å². The zero-order valence-electron chi connectivity index (χ0n) is 18.8. The predicted octanol–water partition coefficient (Wildman–Crippen LogP) is 3.92. The maximum atomic E-state index is 13.9. The number of para-hydroxylation sites is 2. The standard InChI is InChI=1S/C25H20FN5O3S2/c26-17-8-2-4-10-19(17)28-22(33)14-36-25-30-18-9-3-1-7-16(18)23-29-20(24(34)31(23)25)12-21(32)27-13-15-6-5-11-35-15/h1-11,20H,12-14H2,(H,27,32)(H,28,33)/t20-/m1/s1. The maximum absolute atomic E-state index is 13.9. The number of anilines is 1. The average Bonchev–Trinajstić information content (AvgIpc) is 3.51. The first-order valence-corrected chi connectivity index (χ1v) is 12.9. The molecule has 0 aliphatic carbocycles. The van der Waals surface area contributed by atoms with Crippen LogP contribution in [0.15, 0.2) is 76.0 Å². The summed E-state index contributed by atoms with van der Waals surface area (Å²) in [5.41, 5.74) is 1.36. The van der Waals surface area contributed by atoms with Crippen molar-refractivity contribution >= 4 is 63.2 Å². The Balaban J connectivity index is 1.30. The van der Waals surface area contributed by atoms with Crippen LogP contribution in [0, 0.1) is 5.82 Å². The first kappa shape index (κ1) is 23.9. The average molecular weight is 522 g/mol. The first-order valence-electron chi connectivity index (χ1n) is 11.1. The molecule has 36 heavy (non-hydrogen) atoms. The van der Waals surface area contributed by atoms with Gasteiger partial charge in [-0.05, 0) is 35.7 Å². The van der Waals surface area contributed by atoms with Crippen molar-refractivity contribution in [2.24, 2.45) is 9.98 Å². The number of aliphatic imine (C=N–C) groups is 2. The number of hydrogen-bond donors (Lipinski definition) is 2. The number of rotatable bonds is 7. The molecule has 5 rings (SSSR count). The van der Waals surface area contributed by atoms with E-state index in [0.29, 0.717) is 23.6 Å². The fourth-order valence-electron chi connectivity index (χ4n) is 3.76. The van der Waals surface area contributed by atoms with E-state index in [-0.39, 0.29) is 34.8 Å². The molecule has 1 aromatic heterocycles. The number of thioether (sulfide) groups is 1. The SMILES string of the molecule is O=C(C[C@H]1N=C2c3ccccc3N=C(SCC(=O)Nc3ccccc3F)N2C1=O)NCc1cccs1. The molecule has 0 saturated heterocycles. The molecule has 2 N–H and O–H groups in total. The van der Waals surface area contributed by atoms with Crippen LogP contribution in [0.25, 0.3) is 0 Å². The van der Waals surface area contributed by atoms with Crippen LogP contribution in [0.4, 0.5) is 15.8 Å². The van der Waals surface area contributed by atoms with Gasteiger partial charge < -0.3 is 10.6 Å². The quantitative estimate of drug-likeness (QED) is 0.492. The molecule has 11 heteroatoms. The van der Waals surface area contributed by atoms with E-state index in [9.17, 15) is 18.8 Å².